The minimum Gasteiger partial charge on any atom is -0.497 e. The fourth-order valence-electron chi connectivity index (χ4n) is 2.38. The molecule has 0 aromatic heterocycles. The van der Waals surface area contributed by atoms with Crippen LogP contribution in [-0.2, 0) is 11.3 Å². The third-order valence-electron chi connectivity index (χ3n) is 3.53. The second-order valence-electron chi connectivity index (χ2n) is 5.03. The van der Waals surface area contributed by atoms with E-state index in [-0.39, 0.29) is 6.10 Å². The lowest BCUT2D eigenvalue weighted by molar-refractivity contribution is 0.0859. The first-order chi connectivity index (χ1) is 10.2. The number of oxime groups is 1. The zero-order valence-corrected chi connectivity index (χ0v) is 12.5. The Morgan fingerprint density at radius 3 is 2.52 bits per heavy atom. The molecule has 2 aromatic carbocycles. The second-order valence-corrected chi connectivity index (χ2v) is 5.47. The molecule has 1 atom stereocenters. The van der Waals surface area contributed by atoms with Gasteiger partial charge in [-0.1, -0.05) is 41.0 Å². The Labute approximate surface area is 129 Å². The molecule has 108 valence electrons. The highest BCUT2D eigenvalue weighted by Gasteiger charge is 2.22. The number of rotatable bonds is 4. The Kier molecular flexibility index (Phi) is 4.11. The van der Waals surface area contributed by atoms with Crippen molar-refractivity contribution in [2.45, 2.75) is 18.9 Å². The molecule has 0 amide bonds. The van der Waals surface area contributed by atoms with Crippen LogP contribution in [-0.4, -0.2) is 18.9 Å². The van der Waals surface area contributed by atoms with Gasteiger partial charge in [0.15, 0.2) is 0 Å². The fourth-order valence-corrected chi connectivity index (χ4v) is 2.50. The quantitative estimate of drug-likeness (QED) is 0.852. The molecule has 0 saturated heterocycles. The van der Waals surface area contributed by atoms with Gasteiger partial charge in [0.05, 0.1) is 12.8 Å². The van der Waals surface area contributed by atoms with Gasteiger partial charge in [0.1, 0.15) is 11.9 Å². The SMILES string of the molecule is COc1ccc(C[C@H]2CC(c3ccc(Cl)cc3)=NO2)cc1. The molecular weight excluding hydrogens is 286 g/mol. The van der Waals surface area contributed by atoms with Gasteiger partial charge >= 0.3 is 0 Å². The molecule has 4 heteroatoms. The van der Waals surface area contributed by atoms with Gasteiger partial charge < -0.3 is 9.57 Å². The normalized spacial score (nSPS) is 17.2. The first-order valence-corrected chi connectivity index (χ1v) is 7.24. The smallest absolute Gasteiger partial charge is 0.137 e. The van der Waals surface area contributed by atoms with E-state index in [9.17, 15) is 0 Å². The average molecular weight is 302 g/mol. The van der Waals surface area contributed by atoms with E-state index in [1.807, 2.05) is 36.4 Å². The van der Waals surface area contributed by atoms with Crippen molar-refractivity contribution in [1.82, 2.24) is 0 Å². The van der Waals surface area contributed by atoms with Gasteiger partial charge in [-0.3, -0.25) is 0 Å². The Morgan fingerprint density at radius 1 is 1.14 bits per heavy atom. The number of methoxy groups -OCH3 is 1. The van der Waals surface area contributed by atoms with Crippen LogP contribution in [0.3, 0.4) is 0 Å². The zero-order chi connectivity index (χ0) is 14.7. The highest BCUT2D eigenvalue weighted by molar-refractivity contribution is 6.30. The van der Waals surface area contributed by atoms with Gasteiger partial charge in [-0.25, -0.2) is 0 Å². The number of ether oxygens (including phenoxy) is 1. The van der Waals surface area contributed by atoms with E-state index in [1.54, 1.807) is 7.11 Å². The molecule has 0 N–H and O–H groups in total. The van der Waals surface area contributed by atoms with Crippen molar-refractivity contribution < 1.29 is 9.57 Å². The van der Waals surface area contributed by atoms with Crippen molar-refractivity contribution in [2.75, 3.05) is 7.11 Å². The highest BCUT2D eigenvalue weighted by atomic mass is 35.5. The lowest BCUT2D eigenvalue weighted by Gasteiger charge is -2.08. The number of nitrogens with zero attached hydrogens (tertiary/aromatic N) is 1. The van der Waals surface area contributed by atoms with Crippen molar-refractivity contribution in [2.24, 2.45) is 5.16 Å². The second kappa shape index (κ2) is 6.19. The summed E-state index contributed by atoms with van der Waals surface area (Å²) in [4.78, 5) is 5.53. The summed E-state index contributed by atoms with van der Waals surface area (Å²) in [5.74, 6) is 0.865. The molecule has 2 aromatic rings. The molecule has 1 aliphatic heterocycles. The van der Waals surface area contributed by atoms with E-state index in [2.05, 4.69) is 17.3 Å². The van der Waals surface area contributed by atoms with Gasteiger partial charge in [-0.15, -0.1) is 0 Å². The maximum absolute atomic E-state index is 5.90. The summed E-state index contributed by atoms with van der Waals surface area (Å²) >= 11 is 5.90. The molecule has 0 aliphatic carbocycles. The van der Waals surface area contributed by atoms with Crippen molar-refractivity contribution in [3.8, 4) is 5.75 Å². The first kappa shape index (κ1) is 14.0. The monoisotopic (exact) mass is 301 g/mol. The maximum atomic E-state index is 5.90. The Morgan fingerprint density at radius 2 is 1.86 bits per heavy atom. The summed E-state index contributed by atoms with van der Waals surface area (Å²) in [7, 11) is 1.67. The molecule has 21 heavy (non-hydrogen) atoms. The van der Waals surface area contributed by atoms with Crippen LogP contribution in [0.25, 0.3) is 0 Å². The summed E-state index contributed by atoms with van der Waals surface area (Å²) in [6.07, 6.45) is 1.74. The van der Waals surface area contributed by atoms with Crippen LogP contribution in [0.1, 0.15) is 17.5 Å². The molecule has 0 spiro atoms. The van der Waals surface area contributed by atoms with Crippen LogP contribution in [0.4, 0.5) is 0 Å². The molecule has 0 radical (unpaired) electrons. The minimum absolute atomic E-state index is 0.0871. The topological polar surface area (TPSA) is 30.8 Å². The van der Waals surface area contributed by atoms with Crippen molar-refractivity contribution in [1.29, 1.82) is 0 Å². The molecular formula is C17H16ClNO2. The van der Waals surface area contributed by atoms with Crippen LogP contribution >= 0.6 is 11.6 Å². The predicted octanol–water partition coefficient (Wildman–Crippen LogP) is 4.08. The van der Waals surface area contributed by atoms with E-state index in [0.29, 0.717) is 0 Å². The lowest BCUT2D eigenvalue weighted by Crippen LogP contribution is -2.11. The molecule has 3 nitrogen and oxygen atoms in total. The van der Waals surface area contributed by atoms with Gasteiger partial charge in [-0.05, 0) is 35.4 Å². The highest BCUT2D eigenvalue weighted by Crippen LogP contribution is 2.22. The van der Waals surface area contributed by atoms with E-state index >= 15 is 0 Å². The predicted molar refractivity (Wildman–Crippen MR) is 84.2 cm³/mol. The molecule has 1 heterocycles. The number of halogens is 1. The van der Waals surface area contributed by atoms with Crippen LogP contribution in [0, 0.1) is 0 Å². The summed E-state index contributed by atoms with van der Waals surface area (Å²) in [6, 6.07) is 15.7. The molecule has 0 saturated carbocycles. The van der Waals surface area contributed by atoms with Crippen molar-refractivity contribution in [3.05, 3.63) is 64.7 Å². The van der Waals surface area contributed by atoms with E-state index in [1.165, 1.54) is 5.56 Å². The maximum Gasteiger partial charge on any atom is 0.137 e. The minimum atomic E-state index is 0.0871. The number of hydrogen-bond acceptors (Lipinski definition) is 3. The molecule has 0 unspecified atom stereocenters. The molecule has 0 bridgehead atoms. The zero-order valence-electron chi connectivity index (χ0n) is 11.8. The third kappa shape index (κ3) is 3.37. The van der Waals surface area contributed by atoms with E-state index in [4.69, 9.17) is 21.2 Å². The molecule has 3 rings (SSSR count). The van der Waals surface area contributed by atoms with Gasteiger partial charge in [-0.2, -0.15) is 0 Å². The molecule has 0 fully saturated rings. The standard InChI is InChI=1S/C17H16ClNO2/c1-20-15-8-2-12(3-9-15)10-16-11-17(19-21-16)13-4-6-14(18)7-5-13/h2-9,16H,10-11H2,1H3/t16-/m0/s1. The Balaban J connectivity index is 1.61. The first-order valence-electron chi connectivity index (χ1n) is 6.86. The summed E-state index contributed by atoms with van der Waals surface area (Å²) in [5.41, 5.74) is 3.26. The lowest BCUT2D eigenvalue weighted by atomic mass is 10.0. The summed E-state index contributed by atoms with van der Waals surface area (Å²) in [5, 5.41) is 4.93. The number of benzene rings is 2. The molecule has 1 aliphatic rings. The van der Waals surface area contributed by atoms with Crippen molar-refractivity contribution >= 4 is 17.3 Å². The van der Waals surface area contributed by atoms with E-state index < -0.39 is 0 Å². The van der Waals surface area contributed by atoms with Gasteiger partial charge in [0.2, 0.25) is 0 Å². The summed E-state index contributed by atoms with van der Waals surface area (Å²) < 4.78 is 5.16. The fraction of sp³-hybridized carbons (Fsp3) is 0.235. The van der Waals surface area contributed by atoms with E-state index in [0.717, 1.165) is 34.9 Å². The van der Waals surface area contributed by atoms with Crippen molar-refractivity contribution in [3.63, 3.8) is 0 Å². The van der Waals surface area contributed by atoms with Gasteiger partial charge in [0, 0.05) is 17.9 Å². The van der Waals surface area contributed by atoms with Crippen LogP contribution in [0.2, 0.25) is 5.02 Å². The largest absolute Gasteiger partial charge is 0.497 e. The average Bonchev–Trinajstić information content (AvgIpc) is 2.97. The third-order valence-corrected chi connectivity index (χ3v) is 3.78. The van der Waals surface area contributed by atoms with Crippen LogP contribution in [0.5, 0.6) is 5.75 Å². The van der Waals surface area contributed by atoms with Gasteiger partial charge in [0.25, 0.3) is 0 Å². The number of hydrogen-bond donors (Lipinski definition) is 0. The van der Waals surface area contributed by atoms with Crippen LogP contribution in [0.15, 0.2) is 53.7 Å². The van der Waals surface area contributed by atoms with Crippen LogP contribution < -0.4 is 4.74 Å². The summed E-state index contributed by atoms with van der Waals surface area (Å²) in [6.45, 7) is 0. The Hall–Kier alpha value is -2.00. The Bertz CT molecular complexity index is 635.